The summed E-state index contributed by atoms with van der Waals surface area (Å²) in [6.07, 6.45) is 4.20. The zero-order chi connectivity index (χ0) is 26.2. The van der Waals surface area contributed by atoms with Crippen molar-refractivity contribution in [2.45, 2.75) is 30.0 Å². The van der Waals surface area contributed by atoms with E-state index < -0.39 is 11.9 Å². The highest BCUT2D eigenvalue weighted by molar-refractivity contribution is 8.01. The van der Waals surface area contributed by atoms with Crippen molar-refractivity contribution in [2.75, 3.05) is 11.1 Å². The predicted octanol–water partition coefficient (Wildman–Crippen LogP) is 6.51. The Balaban J connectivity index is 1.19. The van der Waals surface area contributed by atoms with Crippen molar-refractivity contribution in [2.24, 2.45) is 0 Å². The van der Waals surface area contributed by atoms with E-state index in [-0.39, 0.29) is 22.8 Å². The van der Waals surface area contributed by atoms with Crippen LogP contribution in [-0.2, 0) is 12.8 Å². The lowest BCUT2D eigenvalue weighted by atomic mass is 9.96. The van der Waals surface area contributed by atoms with Crippen molar-refractivity contribution in [3.8, 4) is 0 Å². The van der Waals surface area contributed by atoms with E-state index in [9.17, 15) is 19.5 Å². The van der Waals surface area contributed by atoms with E-state index in [0.29, 0.717) is 5.69 Å². The highest BCUT2D eigenvalue weighted by Crippen LogP contribution is 2.34. The van der Waals surface area contributed by atoms with Gasteiger partial charge in [0.05, 0.1) is 32.6 Å². The third kappa shape index (κ3) is 4.48. The molecule has 0 bridgehead atoms. The number of aryl methyl sites for hydroxylation is 1. The Bertz CT molecular complexity index is 1740. The molecule has 5 aromatic rings. The molecule has 1 aliphatic rings. The van der Waals surface area contributed by atoms with Gasteiger partial charge < -0.3 is 10.4 Å². The van der Waals surface area contributed by atoms with Gasteiger partial charge in [0.25, 0.3) is 5.91 Å². The summed E-state index contributed by atoms with van der Waals surface area (Å²) >= 11 is 2.88. The number of nitrogens with zero attached hydrogens (tertiary/aromatic N) is 2. The van der Waals surface area contributed by atoms with Crippen LogP contribution in [0.1, 0.15) is 49.6 Å². The Kier molecular flexibility index (Phi) is 6.47. The second-order valence-corrected chi connectivity index (χ2v) is 11.4. The van der Waals surface area contributed by atoms with Gasteiger partial charge in [0.1, 0.15) is 0 Å². The molecule has 3 aromatic carbocycles. The Morgan fingerprint density at radius 3 is 2.58 bits per heavy atom. The van der Waals surface area contributed by atoms with E-state index >= 15 is 0 Å². The largest absolute Gasteiger partial charge is 0.478 e. The molecule has 1 aliphatic carbocycles. The van der Waals surface area contributed by atoms with Gasteiger partial charge in [-0.2, -0.15) is 0 Å². The highest BCUT2D eigenvalue weighted by atomic mass is 32.2. The molecule has 0 radical (unpaired) electrons. The summed E-state index contributed by atoms with van der Waals surface area (Å²) in [5.74, 6) is -1.31. The standard InChI is InChI=1S/C29H23N3O4S2/c33-26(32-23-11-5-3-7-18(23)19-8-4-6-12-24(19)32)16-37-29-31-22-14-13-17(15-25(22)38-29)30-27(34)20-9-1-2-10-21(20)28(35)36/h1-3,5,7,9-11,13-15H,4,6,8,12,16H2,(H,30,34)(H,35,36). The maximum atomic E-state index is 13.4. The number of carboxylic acids is 1. The van der Waals surface area contributed by atoms with Crippen LogP contribution < -0.4 is 5.32 Å². The zero-order valence-electron chi connectivity index (χ0n) is 20.3. The molecular formula is C29H23N3O4S2. The molecule has 9 heteroatoms. The van der Waals surface area contributed by atoms with Crippen molar-refractivity contribution in [1.82, 2.24) is 9.55 Å². The molecule has 190 valence electrons. The number of thioether (sulfide) groups is 1. The number of hydrogen-bond donors (Lipinski definition) is 2. The number of para-hydroxylation sites is 1. The van der Waals surface area contributed by atoms with Crippen LogP contribution in [0.25, 0.3) is 21.1 Å². The topological polar surface area (TPSA) is 101 Å². The smallest absolute Gasteiger partial charge is 0.336 e. The Morgan fingerprint density at radius 2 is 1.74 bits per heavy atom. The first-order chi connectivity index (χ1) is 18.5. The average molecular weight is 542 g/mol. The van der Waals surface area contributed by atoms with Gasteiger partial charge in [0.2, 0.25) is 5.91 Å². The first-order valence-corrected chi connectivity index (χ1v) is 14.1. The molecule has 0 unspecified atom stereocenters. The number of aromatic carboxylic acids is 1. The molecule has 0 atom stereocenters. The SMILES string of the molecule is O=C(O)c1ccccc1C(=O)Nc1ccc2nc(SCC(=O)n3c4c(c5ccccc53)CCCC4)sc2c1. The molecule has 2 aromatic heterocycles. The molecule has 0 fully saturated rings. The van der Waals surface area contributed by atoms with Gasteiger partial charge in [0, 0.05) is 16.8 Å². The second-order valence-electron chi connectivity index (χ2n) is 9.13. The van der Waals surface area contributed by atoms with Crippen molar-refractivity contribution in [3.63, 3.8) is 0 Å². The number of thiazole rings is 1. The molecule has 1 amide bonds. The number of carboxylic acid groups (broad SMARTS) is 1. The molecule has 7 nitrogen and oxygen atoms in total. The highest BCUT2D eigenvalue weighted by Gasteiger charge is 2.23. The minimum atomic E-state index is -1.15. The van der Waals surface area contributed by atoms with Crippen LogP contribution in [0.2, 0.25) is 0 Å². The molecule has 0 spiro atoms. The summed E-state index contributed by atoms with van der Waals surface area (Å²) in [6, 6.07) is 19.6. The van der Waals surface area contributed by atoms with Crippen LogP contribution in [0, 0.1) is 0 Å². The van der Waals surface area contributed by atoms with E-state index in [1.54, 1.807) is 18.2 Å². The Labute approximate surface area is 226 Å². The van der Waals surface area contributed by atoms with Crippen molar-refractivity contribution in [3.05, 3.63) is 89.1 Å². The van der Waals surface area contributed by atoms with E-state index in [4.69, 9.17) is 0 Å². The number of nitrogens with one attached hydrogen (secondary N) is 1. The number of hydrogen-bond acceptors (Lipinski definition) is 6. The van der Waals surface area contributed by atoms with E-state index in [1.807, 2.05) is 34.9 Å². The summed E-state index contributed by atoms with van der Waals surface area (Å²) in [5, 5.41) is 13.3. The summed E-state index contributed by atoms with van der Waals surface area (Å²) in [6.45, 7) is 0. The van der Waals surface area contributed by atoms with Crippen molar-refractivity contribution >= 4 is 67.7 Å². The lowest BCUT2D eigenvalue weighted by Crippen LogP contribution is -2.18. The van der Waals surface area contributed by atoms with Crippen LogP contribution in [0.3, 0.4) is 0 Å². The van der Waals surface area contributed by atoms with Gasteiger partial charge in [-0.25, -0.2) is 9.78 Å². The molecular weight excluding hydrogens is 518 g/mol. The first-order valence-electron chi connectivity index (χ1n) is 12.3. The third-order valence-corrected chi connectivity index (χ3v) is 8.92. The average Bonchev–Trinajstić information content (AvgIpc) is 3.50. The van der Waals surface area contributed by atoms with Gasteiger partial charge in [-0.1, -0.05) is 42.1 Å². The fourth-order valence-electron chi connectivity index (χ4n) is 5.08. The molecule has 38 heavy (non-hydrogen) atoms. The lowest BCUT2D eigenvalue weighted by molar-refractivity contribution is 0.0692. The van der Waals surface area contributed by atoms with Crippen molar-refractivity contribution in [1.29, 1.82) is 0 Å². The minimum Gasteiger partial charge on any atom is -0.478 e. The third-order valence-electron chi connectivity index (χ3n) is 6.78. The molecule has 0 saturated carbocycles. The number of carbonyl (C=O) groups excluding carboxylic acids is 2. The molecule has 0 saturated heterocycles. The van der Waals surface area contributed by atoms with Gasteiger partial charge in [-0.15, -0.1) is 11.3 Å². The number of anilines is 1. The number of benzene rings is 3. The number of rotatable bonds is 6. The van der Waals surface area contributed by atoms with E-state index in [1.165, 1.54) is 46.2 Å². The van der Waals surface area contributed by atoms with Crippen LogP contribution >= 0.6 is 23.1 Å². The number of amides is 1. The first kappa shape index (κ1) is 24.4. The normalized spacial score (nSPS) is 12.9. The fraction of sp³-hybridized carbons (Fsp3) is 0.172. The fourth-order valence-corrected chi connectivity index (χ4v) is 7.03. The maximum Gasteiger partial charge on any atom is 0.336 e. The van der Waals surface area contributed by atoms with E-state index in [0.717, 1.165) is 51.5 Å². The van der Waals surface area contributed by atoms with Crippen molar-refractivity contribution < 1.29 is 19.5 Å². The molecule has 6 rings (SSSR count). The van der Waals surface area contributed by atoms with Crippen LogP contribution in [-0.4, -0.2) is 38.2 Å². The van der Waals surface area contributed by atoms with Gasteiger partial charge >= 0.3 is 5.97 Å². The number of fused-ring (bicyclic) bond motifs is 4. The van der Waals surface area contributed by atoms with Gasteiger partial charge in [0.15, 0.2) is 4.34 Å². The zero-order valence-corrected chi connectivity index (χ0v) is 21.9. The van der Waals surface area contributed by atoms with Crippen LogP contribution in [0.5, 0.6) is 0 Å². The van der Waals surface area contributed by atoms with Gasteiger partial charge in [-0.05, 0) is 67.6 Å². The molecule has 0 aliphatic heterocycles. The number of aromatic nitrogens is 2. The van der Waals surface area contributed by atoms with E-state index in [2.05, 4.69) is 16.4 Å². The van der Waals surface area contributed by atoms with Crippen LogP contribution in [0.15, 0.2) is 71.1 Å². The minimum absolute atomic E-state index is 0.0519. The Hall–Kier alpha value is -3.95. The maximum absolute atomic E-state index is 13.4. The lowest BCUT2D eigenvalue weighted by Gasteiger charge is -2.14. The summed E-state index contributed by atoms with van der Waals surface area (Å²) in [5.41, 5.74) is 4.81. The summed E-state index contributed by atoms with van der Waals surface area (Å²) in [4.78, 5) is 42.3. The quantitative estimate of drug-likeness (QED) is 0.238. The molecule has 2 heterocycles. The monoisotopic (exact) mass is 541 g/mol. The van der Waals surface area contributed by atoms with Gasteiger partial charge in [-0.3, -0.25) is 14.2 Å². The molecule has 2 N–H and O–H groups in total. The summed E-state index contributed by atoms with van der Waals surface area (Å²) < 4.78 is 3.55. The number of carbonyl (C=O) groups is 3. The predicted molar refractivity (Wildman–Crippen MR) is 151 cm³/mol. The second kappa shape index (κ2) is 10.1. The summed E-state index contributed by atoms with van der Waals surface area (Å²) in [7, 11) is 0. The Morgan fingerprint density at radius 1 is 0.974 bits per heavy atom. The van der Waals surface area contributed by atoms with Crippen LogP contribution in [0.4, 0.5) is 5.69 Å².